The smallest absolute Gasteiger partial charge is 0.328 e. The van der Waals surface area contributed by atoms with Gasteiger partial charge in [0.15, 0.2) is 0 Å². The maximum atomic E-state index is 12.7. The van der Waals surface area contributed by atoms with Crippen molar-refractivity contribution in [2.45, 2.75) is 206 Å². The van der Waals surface area contributed by atoms with E-state index in [2.05, 4.69) is 19.2 Å². The van der Waals surface area contributed by atoms with E-state index in [1.807, 2.05) is 6.92 Å². The van der Waals surface area contributed by atoms with Gasteiger partial charge in [0, 0.05) is 12.8 Å². The first kappa shape index (κ1) is 39.4. The molecule has 0 aromatic carbocycles. The maximum absolute atomic E-state index is 12.7. The molecule has 41 heavy (non-hydrogen) atoms. The number of nitrogens with one attached hydrogen (secondary N) is 1. The number of esters is 1. The molecular weight excluding hydrogens is 514 g/mol. The molecule has 0 fully saturated rings. The van der Waals surface area contributed by atoms with Gasteiger partial charge in [-0.1, -0.05) is 149 Å². The van der Waals surface area contributed by atoms with Crippen molar-refractivity contribution in [3.63, 3.8) is 0 Å². The lowest BCUT2D eigenvalue weighted by Gasteiger charge is -2.20. The molecule has 0 saturated carbocycles. The Morgan fingerprint density at radius 2 is 0.951 bits per heavy atom. The van der Waals surface area contributed by atoms with Crippen LogP contribution < -0.4 is 5.32 Å². The van der Waals surface area contributed by atoms with Gasteiger partial charge in [0.2, 0.25) is 5.91 Å². The van der Waals surface area contributed by atoms with Crippen LogP contribution >= 0.6 is 0 Å². The molecule has 0 heterocycles. The standard InChI is InChI=1S/C35H67NO5/c1-4-6-8-10-12-14-15-16-17-18-20-21-23-25-27-31(3)41-35(40)32(29-30-34(38)39)36-33(37)28-26-24-22-19-13-11-9-7-5-2/h31-32H,4-30H2,1-3H3,(H,36,37)(H,38,39)/t31?,32-/m0/s1. The van der Waals surface area contributed by atoms with Gasteiger partial charge in [0.25, 0.3) is 0 Å². The number of ether oxygens (including phenoxy) is 1. The van der Waals surface area contributed by atoms with E-state index >= 15 is 0 Å². The molecule has 1 amide bonds. The van der Waals surface area contributed by atoms with E-state index in [1.165, 1.54) is 116 Å². The van der Waals surface area contributed by atoms with E-state index in [1.54, 1.807) is 0 Å². The van der Waals surface area contributed by atoms with Crippen LogP contribution in [0.5, 0.6) is 0 Å². The Balaban J connectivity index is 4.00. The minimum atomic E-state index is -0.980. The SMILES string of the molecule is CCCCCCCCCCCCCCCCC(C)OC(=O)[C@H](CCC(=O)O)NC(=O)CCCCCCCCCCC. The average molecular weight is 582 g/mol. The van der Waals surface area contributed by atoms with Crippen LogP contribution in [0.15, 0.2) is 0 Å². The molecule has 0 bridgehead atoms. The van der Waals surface area contributed by atoms with Gasteiger partial charge in [0.05, 0.1) is 6.10 Å². The highest BCUT2D eigenvalue weighted by Gasteiger charge is 2.24. The number of carboxylic acid groups (broad SMARTS) is 1. The number of rotatable bonds is 31. The largest absolute Gasteiger partial charge is 0.481 e. The van der Waals surface area contributed by atoms with Crippen molar-refractivity contribution < 1.29 is 24.2 Å². The van der Waals surface area contributed by atoms with Crippen LogP contribution in [-0.4, -0.2) is 35.1 Å². The third-order valence-corrected chi connectivity index (χ3v) is 8.06. The van der Waals surface area contributed by atoms with E-state index in [9.17, 15) is 14.4 Å². The molecular formula is C35H67NO5. The molecule has 242 valence electrons. The summed E-state index contributed by atoms with van der Waals surface area (Å²) in [6.07, 6.45) is 29.7. The zero-order valence-electron chi connectivity index (χ0n) is 27.3. The molecule has 0 aliphatic carbocycles. The molecule has 6 nitrogen and oxygen atoms in total. The van der Waals surface area contributed by atoms with Crippen molar-refractivity contribution in [1.29, 1.82) is 0 Å². The van der Waals surface area contributed by atoms with Crippen molar-refractivity contribution in [3.8, 4) is 0 Å². The quantitative estimate of drug-likeness (QED) is 0.0627. The van der Waals surface area contributed by atoms with Crippen LogP contribution in [0.2, 0.25) is 0 Å². The molecule has 0 aliphatic heterocycles. The minimum absolute atomic E-state index is 0.0588. The number of hydrogen-bond donors (Lipinski definition) is 2. The van der Waals surface area contributed by atoms with Gasteiger partial charge >= 0.3 is 11.9 Å². The lowest BCUT2D eigenvalue weighted by molar-refractivity contribution is -0.153. The minimum Gasteiger partial charge on any atom is -0.481 e. The Bertz CT molecular complexity index is 624. The number of unbranched alkanes of at least 4 members (excludes halogenated alkanes) is 21. The normalized spacial score (nSPS) is 12.7. The summed E-state index contributed by atoms with van der Waals surface area (Å²) in [7, 11) is 0. The number of carbonyl (C=O) groups excluding carboxylic acids is 2. The van der Waals surface area contributed by atoms with Gasteiger partial charge in [-0.05, 0) is 32.6 Å². The predicted octanol–water partition coefficient (Wildman–Crippen LogP) is 10.1. The van der Waals surface area contributed by atoms with Crippen LogP contribution in [-0.2, 0) is 19.1 Å². The molecule has 0 aromatic rings. The van der Waals surface area contributed by atoms with E-state index in [0.717, 1.165) is 38.5 Å². The summed E-state index contributed by atoms with van der Waals surface area (Å²) in [5.74, 6) is -1.68. The summed E-state index contributed by atoms with van der Waals surface area (Å²) >= 11 is 0. The first-order valence-corrected chi connectivity index (χ1v) is 17.6. The van der Waals surface area contributed by atoms with Crippen LogP contribution in [0.1, 0.15) is 194 Å². The lowest BCUT2D eigenvalue weighted by Crippen LogP contribution is -2.43. The van der Waals surface area contributed by atoms with Crippen molar-refractivity contribution in [2.75, 3.05) is 0 Å². The third kappa shape index (κ3) is 28.3. The molecule has 2 N–H and O–H groups in total. The fourth-order valence-electron chi connectivity index (χ4n) is 5.35. The highest BCUT2D eigenvalue weighted by Crippen LogP contribution is 2.15. The number of amides is 1. The van der Waals surface area contributed by atoms with Gasteiger partial charge in [-0.25, -0.2) is 4.79 Å². The summed E-state index contributed by atoms with van der Waals surface area (Å²) in [4.78, 5) is 36.3. The van der Waals surface area contributed by atoms with Gasteiger partial charge in [0.1, 0.15) is 6.04 Å². The molecule has 0 radical (unpaired) electrons. The Kier molecular flexibility index (Phi) is 28.7. The van der Waals surface area contributed by atoms with E-state index in [4.69, 9.17) is 9.84 Å². The monoisotopic (exact) mass is 582 g/mol. The molecule has 0 aromatic heterocycles. The number of hydrogen-bond acceptors (Lipinski definition) is 4. The topological polar surface area (TPSA) is 92.7 Å². The van der Waals surface area contributed by atoms with Crippen molar-refractivity contribution in [3.05, 3.63) is 0 Å². The highest BCUT2D eigenvalue weighted by atomic mass is 16.5. The van der Waals surface area contributed by atoms with Crippen molar-refractivity contribution >= 4 is 17.8 Å². The summed E-state index contributed by atoms with van der Waals surface area (Å²) in [5, 5.41) is 11.8. The lowest BCUT2D eigenvalue weighted by atomic mass is 10.0. The zero-order valence-corrected chi connectivity index (χ0v) is 27.3. The highest BCUT2D eigenvalue weighted by molar-refractivity contribution is 5.85. The molecule has 0 aliphatic rings. The Morgan fingerprint density at radius 1 is 0.561 bits per heavy atom. The second-order valence-electron chi connectivity index (χ2n) is 12.3. The number of aliphatic carboxylic acids is 1. The Hall–Kier alpha value is -1.59. The zero-order chi connectivity index (χ0) is 30.4. The molecule has 6 heteroatoms. The fraction of sp³-hybridized carbons (Fsp3) is 0.914. The number of carboxylic acids is 1. The Morgan fingerprint density at radius 3 is 1.37 bits per heavy atom. The van der Waals surface area contributed by atoms with Gasteiger partial charge in [-0.3, -0.25) is 9.59 Å². The van der Waals surface area contributed by atoms with E-state index < -0.39 is 18.0 Å². The van der Waals surface area contributed by atoms with Gasteiger partial charge < -0.3 is 15.2 Å². The summed E-state index contributed by atoms with van der Waals surface area (Å²) in [6, 6.07) is -0.893. The average Bonchev–Trinajstić information content (AvgIpc) is 2.94. The van der Waals surface area contributed by atoms with Crippen LogP contribution in [0.4, 0.5) is 0 Å². The second-order valence-corrected chi connectivity index (χ2v) is 12.3. The van der Waals surface area contributed by atoms with E-state index in [-0.39, 0.29) is 24.9 Å². The fourth-order valence-corrected chi connectivity index (χ4v) is 5.35. The molecule has 0 rings (SSSR count). The van der Waals surface area contributed by atoms with Crippen LogP contribution in [0.25, 0.3) is 0 Å². The Labute approximate surface area is 253 Å². The molecule has 0 saturated heterocycles. The van der Waals surface area contributed by atoms with Crippen LogP contribution in [0.3, 0.4) is 0 Å². The number of carbonyl (C=O) groups is 3. The first-order valence-electron chi connectivity index (χ1n) is 17.6. The van der Waals surface area contributed by atoms with Crippen molar-refractivity contribution in [1.82, 2.24) is 5.32 Å². The third-order valence-electron chi connectivity index (χ3n) is 8.06. The van der Waals surface area contributed by atoms with Crippen LogP contribution in [0, 0.1) is 0 Å². The van der Waals surface area contributed by atoms with Gasteiger partial charge in [-0.2, -0.15) is 0 Å². The summed E-state index contributed by atoms with van der Waals surface area (Å²) in [6.45, 7) is 6.37. The first-order chi connectivity index (χ1) is 19.9. The summed E-state index contributed by atoms with van der Waals surface area (Å²) < 4.78 is 5.61. The predicted molar refractivity (Wildman–Crippen MR) is 171 cm³/mol. The molecule has 2 atom stereocenters. The second kappa shape index (κ2) is 29.9. The molecule has 1 unspecified atom stereocenters. The van der Waals surface area contributed by atoms with Crippen molar-refractivity contribution in [2.24, 2.45) is 0 Å². The maximum Gasteiger partial charge on any atom is 0.328 e. The van der Waals surface area contributed by atoms with E-state index in [0.29, 0.717) is 6.42 Å². The molecule has 0 spiro atoms. The van der Waals surface area contributed by atoms with Gasteiger partial charge in [-0.15, -0.1) is 0 Å². The summed E-state index contributed by atoms with van der Waals surface area (Å²) in [5.41, 5.74) is 0.